The Labute approximate surface area is 120 Å². The van der Waals surface area contributed by atoms with E-state index in [1.807, 2.05) is 39.0 Å². The second-order valence-electron chi connectivity index (χ2n) is 5.26. The summed E-state index contributed by atoms with van der Waals surface area (Å²) >= 11 is 0. The zero-order valence-electron chi connectivity index (χ0n) is 12.4. The molecule has 2 N–H and O–H groups in total. The summed E-state index contributed by atoms with van der Waals surface area (Å²) in [7, 11) is 0. The molecule has 0 heterocycles. The topological polar surface area (TPSA) is 44.5 Å². The summed E-state index contributed by atoms with van der Waals surface area (Å²) in [6.45, 7) is 7.13. The molecule has 2 aromatic carbocycles. The van der Waals surface area contributed by atoms with Crippen LogP contribution in [0.4, 0.5) is 0 Å². The van der Waals surface area contributed by atoms with Crippen molar-refractivity contribution in [2.24, 2.45) is 5.73 Å². The summed E-state index contributed by atoms with van der Waals surface area (Å²) in [4.78, 5) is 0. The van der Waals surface area contributed by atoms with Crippen molar-refractivity contribution in [1.29, 1.82) is 0 Å². The largest absolute Gasteiger partial charge is 0.490 e. The smallest absolute Gasteiger partial charge is 0.131 e. The van der Waals surface area contributed by atoms with Crippen molar-refractivity contribution in [3.63, 3.8) is 0 Å². The van der Waals surface area contributed by atoms with E-state index in [0.717, 1.165) is 22.1 Å². The Hall–Kier alpha value is -1.58. The molecular weight excluding hydrogens is 250 g/mol. The lowest BCUT2D eigenvalue weighted by molar-refractivity contribution is 0.0553. The number of fused-ring (bicyclic) bond motifs is 1. The van der Waals surface area contributed by atoms with E-state index in [2.05, 4.69) is 18.2 Å². The first-order valence-corrected chi connectivity index (χ1v) is 7.11. The van der Waals surface area contributed by atoms with Crippen LogP contribution in [0, 0.1) is 0 Å². The lowest BCUT2D eigenvalue weighted by Gasteiger charge is -2.17. The first-order valence-electron chi connectivity index (χ1n) is 7.11. The molecule has 0 aliphatic heterocycles. The van der Waals surface area contributed by atoms with Crippen LogP contribution in [-0.2, 0) is 4.74 Å². The van der Waals surface area contributed by atoms with Crippen molar-refractivity contribution in [3.05, 3.63) is 42.0 Å². The number of hydrogen-bond acceptors (Lipinski definition) is 3. The van der Waals surface area contributed by atoms with Gasteiger partial charge in [-0.3, -0.25) is 0 Å². The minimum atomic E-state index is -0.0550. The van der Waals surface area contributed by atoms with E-state index in [1.54, 1.807) is 0 Å². The second-order valence-corrected chi connectivity index (χ2v) is 5.26. The lowest BCUT2D eigenvalue weighted by Crippen LogP contribution is -2.14. The van der Waals surface area contributed by atoms with Crippen LogP contribution in [-0.4, -0.2) is 19.3 Å². The van der Waals surface area contributed by atoms with Crippen LogP contribution >= 0.6 is 0 Å². The molecule has 0 bridgehead atoms. The lowest BCUT2D eigenvalue weighted by atomic mass is 10.0. The van der Waals surface area contributed by atoms with E-state index in [9.17, 15) is 0 Å². The van der Waals surface area contributed by atoms with Gasteiger partial charge in [0.25, 0.3) is 0 Å². The minimum absolute atomic E-state index is 0.0550. The van der Waals surface area contributed by atoms with Crippen molar-refractivity contribution in [3.8, 4) is 5.75 Å². The molecule has 0 aliphatic rings. The van der Waals surface area contributed by atoms with E-state index in [-0.39, 0.29) is 12.1 Å². The van der Waals surface area contributed by atoms with E-state index < -0.39 is 0 Å². The summed E-state index contributed by atoms with van der Waals surface area (Å²) in [6, 6.07) is 12.3. The van der Waals surface area contributed by atoms with Gasteiger partial charge in [0.2, 0.25) is 0 Å². The quantitative estimate of drug-likeness (QED) is 0.817. The van der Waals surface area contributed by atoms with Crippen LogP contribution in [0.3, 0.4) is 0 Å². The summed E-state index contributed by atoms with van der Waals surface area (Å²) < 4.78 is 11.5. The average Bonchev–Trinajstić information content (AvgIpc) is 2.42. The zero-order valence-corrected chi connectivity index (χ0v) is 12.4. The molecule has 1 atom stereocenters. The summed E-state index contributed by atoms with van der Waals surface area (Å²) in [5.41, 5.74) is 7.08. The van der Waals surface area contributed by atoms with Gasteiger partial charge in [0, 0.05) is 17.0 Å². The first kappa shape index (κ1) is 14.8. The van der Waals surface area contributed by atoms with Crippen molar-refractivity contribution in [1.82, 2.24) is 0 Å². The van der Waals surface area contributed by atoms with Gasteiger partial charge in [0.05, 0.1) is 12.7 Å². The third kappa shape index (κ3) is 3.50. The molecule has 3 heteroatoms. The Morgan fingerprint density at radius 3 is 2.45 bits per heavy atom. The summed E-state index contributed by atoms with van der Waals surface area (Å²) in [5, 5.41) is 2.27. The highest BCUT2D eigenvalue weighted by molar-refractivity contribution is 5.89. The van der Waals surface area contributed by atoms with Crippen LogP contribution in [0.1, 0.15) is 32.4 Å². The molecule has 0 saturated carbocycles. The van der Waals surface area contributed by atoms with Gasteiger partial charge in [0.15, 0.2) is 0 Å². The molecule has 0 radical (unpaired) electrons. The van der Waals surface area contributed by atoms with Gasteiger partial charge >= 0.3 is 0 Å². The molecule has 2 rings (SSSR count). The van der Waals surface area contributed by atoms with Crippen LogP contribution in [0.2, 0.25) is 0 Å². The standard InChI is InChI=1S/C17H23NO2/c1-12(2)19-10-11-20-17-15(13(3)18)9-8-14-6-4-5-7-16(14)17/h4-9,12-13H,10-11,18H2,1-3H3. The molecule has 20 heavy (non-hydrogen) atoms. The van der Waals surface area contributed by atoms with Crippen molar-refractivity contribution in [2.45, 2.75) is 32.9 Å². The van der Waals surface area contributed by atoms with Crippen LogP contribution < -0.4 is 10.5 Å². The maximum atomic E-state index is 6.05. The maximum Gasteiger partial charge on any atom is 0.131 e. The SMILES string of the molecule is CC(C)OCCOc1c(C(C)N)ccc2ccccc12. The Morgan fingerprint density at radius 2 is 1.75 bits per heavy atom. The van der Waals surface area contributed by atoms with Crippen LogP contribution in [0.25, 0.3) is 10.8 Å². The van der Waals surface area contributed by atoms with Gasteiger partial charge in [-0.05, 0) is 26.2 Å². The van der Waals surface area contributed by atoms with E-state index in [1.165, 1.54) is 0 Å². The van der Waals surface area contributed by atoms with Crippen molar-refractivity contribution in [2.75, 3.05) is 13.2 Å². The Kier molecular flexibility index (Phi) is 4.99. The molecule has 3 nitrogen and oxygen atoms in total. The van der Waals surface area contributed by atoms with Crippen LogP contribution in [0.5, 0.6) is 5.75 Å². The Balaban J connectivity index is 2.25. The van der Waals surface area contributed by atoms with E-state index in [0.29, 0.717) is 13.2 Å². The predicted octanol–water partition coefficient (Wildman–Crippen LogP) is 3.66. The molecule has 2 aromatic rings. The third-order valence-corrected chi connectivity index (χ3v) is 3.18. The molecule has 108 valence electrons. The van der Waals surface area contributed by atoms with Crippen LogP contribution in [0.15, 0.2) is 36.4 Å². The van der Waals surface area contributed by atoms with Crippen molar-refractivity contribution >= 4 is 10.8 Å². The number of nitrogens with two attached hydrogens (primary N) is 1. The number of ether oxygens (including phenoxy) is 2. The minimum Gasteiger partial charge on any atom is -0.490 e. The fourth-order valence-electron chi connectivity index (χ4n) is 2.21. The molecule has 0 amide bonds. The molecule has 0 spiro atoms. The van der Waals surface area contributed by atoms with Gasteiger partial charge in [0.1, 0.15) is 12.4 Å². The Morgan fingerprint density at radius 1 is 1.00 bits per heavy atom. The van der Waals surface area contributed by atoms with Gasteiger partial charge in [-0.2, -0.15) is 0 Å². The van der Waals surface area contributed by atoms with E-state index in [4.69, 9.17) is 15.2 Å². The van der Waals surface area contributed by atoms with E-state index >= 15 is 0 Å². The average molecular weight is 273 g/mol. The molecule has 0 fully saturated rings. The van der Waals surface area contributed by atoms with Gasteiger partial charge in [-0.15, -0.1) is 0 Å². The highest BCUT2D eigenvalue weighted by atomic mass is 16.5. The normalized spacial score (nSPS) is 12.8. The predicted molar refractivity (Wildman–Crippen MR) is 83.1 cm³/mol. The van der Waals surface area contributed by atoms with Gasteiger partial charge in [-0.25, -0.2) is 0 Å². The molecule has 0 aromatic heterocycles. The summed E-state index contributed by atoms with van der Waals surface area (Å²) in [6.07, 6.45) is 0.221. The fourth-order valence-corrected chi connectivity index (χ4v) is 2.21. The molecule has 0 saturated heterocycles. The van der Waals surface area contributed by atoms with Gasteiger partial charge < -0.3 is 15.2 Å². The Bertz CT molecular complexity index is 564. The molecular formula is C17H23NO2. The summed E-state index contributed by atoms with van der Waals surface area (Å²) in [5.74, 6) is 0.880. The van der Waals surface area contributed by atoms with Gasteiger partial charge in [-0.1, -0.05) is 36.4 Å². The van der Waals surface area contributed by atoms with Crippen molar-refractivity contribution < 1.29 is 9.47 Å². The highest BCUT2D eigenvalue weighted by Crippen LogP contribution is 2.32. The third-order valence-electron chi connectivity index (χ3n) is 3.18. The fraction of sp³-hybridized carbons (Fsp3) is 0.412. The zero-order chi connectivity index (χ0) is 14.5. The highest BCUT2D eigenvalue weighted by Gasteiger charge is 2.12. The maximum absolute atomic E-state index is 6.05. The number of hydrogen-bond donors (Lipinski definition) is 1. The number of rotatable bonds is 6. The molecule has 1 unspecified atom stereocenters. The number of benzene rings is 2. The molecule has 0 aliphatic carbocycles. The first-order chi connectivity index (χ1) is 9.59. The second kappa shape index (κ2) is 6.73. The monoisotopic (exact) mass is 273 g/mol.